The molecule has 3 aromatic carbocycles. The SMILES string of the molecule is CC(C)(C)N1CCC(n2cc([C@@H](Nc3cc(Cl)c4ncc(C#N)c(Nc5ccc(F)c(Cl)c5)c4c3)c3ccccc3)nn2)CC1. The van der Waals surface area contributed by atoms with Gasteiger partial charge in [-0.15, -0.1) is 5.10 Å². The fourth-order valence-electron chi connectivity index (χ4n) is 5.82. The van der Waals surface area contributed by atoms with Crippen molar-refractivity contribution < 1.29 is 4.39 Å². The average Bonchev–Trinajstić information content (AvgIpc) is 3.52. The van der Waals surface area contributed by atoms with E-state index in [0.717, 1.165) is 37.2 Å². The fourth-order valence-corrected chi connectivity index (χ4v) is 6.27. The molecular formula is C34H33Cl2FN8. The number of hydrogen-bond donors (Lipinski definition) is 2. The van der Waals surface area contributed by atoms with E-state index in [1.54, 1.807) is 6.07 Å². The Morgan fingerprint density at radius 2 is 1.73 bits per heavy atom. The third-order valence-corrected chi connectivity index (χ3v) is 8.87. The molecule has 2 aromatic heterocycles. The Morgan fingerprint density at radius 3 is 2.42 bits per heavy atom. The summed E-state index contributed by atoms with van der Waals surface area (Å²) in [6.45, 7) is 8.79. The highest BCUT2D eigenvalue weighted by molar-refractivity contribution is 6.36. The van der Waals surface area contributed by atoms with E-state index < -0.39 is 5.82 Å². The number of piperidine rings is 1. The van der Waals surface area contributed by atoms with Gasteiger partial charge in [-0.05, 0) is 69.5 Å². The van der Waals surface area contributed by atoms with Crippen molar-refractivity contribution in [2.45, 2.75) is 51.2 Å². The van der Waals surface area contributed by atoms with Crippen molar-refractivity contribution in [3.8, 4) is 6.07 Å². The second-order valence-corrected chi connectivity index (χ2v) is 13.1. The van der Waals surface area contributed by atoms with Crippen molar-refractivity contribution in [3.05, 3.63) is 106 Å². The minimum absolute atomic E-state index is 0.0317. The Balaban J connectivity index is 1.35. The van der Waals surface area contributed by atoms with E-state index in [9.17, 15) is 9.65 Å². The van der Waals surface area contributed by atoms with Gasteiger partial charge in [0.2, 0.25) is 0 Å². The maximum atomic E-state index is 13.8. The van der Waals surface area contributed by atoms with Gasteiger partial charge >= 0.3 is 0 Å². The van der Waals surface area contributed by atoms with Gasteiger partial charge in [-0.2, -0.15) is 5.26 Å². The van der Waals surface area contributed by atoms with Crippen LogP contribution in [0.2, 0.25) is 10.0 Å². The van der Waals surface area contributed by atoms with E-state index >= 15 is 0 Å². The van der Waals surface area contributed by atoms with Crippen molar-refractivity contribution in [1.82, 2.24) is 24.9 Å². The Morgan fingerprint density at radius 1 is 1.00 bits per heavy atom. The number of hydrogen-bond acceptors (Lipinski definition) is 7. The molecule has 0 aliphatic carbocycles. The molecule has 0 bridgehead atoms. The molecule has 3 heterocycles. The lowest BCUT2D eigenvalue weighted by Gasteiger charge is -2.40. The lowest BCUT2D eigenvalue weighted by Crippen LogP contribution is -2.46. The van der Waals surface area contributed by atoms with Gasteiger partial charge in [0.15, 0.2) is 0 Å². The van der Waals surface area contributed by atoms with Gasteiger partial charge in [0.1, 0.15) is 17.6 Å². The van der Waals surface area contributed by atoms with E-state index in [1.807, 2.05) is 53.3 Å². The zero-order valence-corrected chi connectivity index (χ0v) is 26.7. The maximum Gasteiger partial charge on any atom is 0.141 e. The van der Waals surface area contributed by atoms with Gasteiger partial charge in [0.25, 0.3) is 0 Å². The topological polar surface area (TPSA) is 94.7 Å². The number of halogens is 3. The van der Waals surface area contributed by atoms with Crippen LogP contribution in [0, 0.1) is 17.1 Å². The van der Waals surface area contributed by atoms with Crippen molar-refractivity contribution in [3.63, 3.8) is 0 Å². The highest BCUT2D eigenvalue weighted by atomic mass is 35.5. The molecule has 1 fully saturated rings. The van der Waals surface area contributed by atoms with Gasteiger partial charge in [-0.25, -0.2) is 9.07 Å². The van der Waals surface area contributed by atoms with Crippen molar-refractivity contribution in [2.24, 2.45) is 0 Å². The third-order valence-electron chi connectivity index (χ3n) is 8.29. The molecule has 6 rings (SSSR count). The second kappa shape index (κ2) is 12.6. The molecule has 1 aliphatic heterocycles. The van der Waals surface area contributed by atoms with Crippen molar-refractivity contribution >= 4 is 51.2 Å². The summed E-state index contributed by atoms with van der Waals surface area (Å²) in [5.41, 5.74) is 4.45. The second-order valence-electron chi connectivity index (χ2n) is 12.3. The summed E-state index contributed by atoms with van der Waals surface area (Å²) in [5.74, 6) is -0.531. The van der Waals surface area contributed by atoms with Crippen LogP contribution in [0.1, 0.15) is 62.5 Å². The van der Waals surface area contributed by atoms with Gasteiger partial charge in [0, 0.05) is 41.6 Å². The van der Waals surface area contributed by atoms with Crippen LogP contribution in [-0.2, 0) is 0 Å². The number of fused-ring (bicyclic) bond motifs is 1. The van der Waals surface area contributed by atoms with E-state index in [0.29, 0.717) is 38.6 Å². The molecule has 1 aliphatic rings. The lowest BCUT2D eigenvalue weighted by atomic mass is 9.98. The highest BCUT2D eigenvalue weighted by Gasteiger charge is 2.29. The molecular weight excluding hydrogens is 610 g/mol. The number of aromatic nitrogens is 4. The fraction of sp³-hybridized carbons (Fsp3) is 0.294. The number of benzene rings is 3. The predicted molar refractivity (Wildman–Crippen MR) is 178 cm³/mol. The quantitative estimate of drug-likeness (QED) is 0.184. The molecule has 0 saturated carbocycles. The first-order chi connectivity index (χ1) is 21.6. The number of anilines is 3. The first-order valence-electron chi connectivity index (χ1n) is 14.8. The van der Waals surface area contributed by atoms with E-state index in [4.69, 9.17) is 23.2 Å². The molecule has 5 aromatic rings. The van der Waals surface area contributed by atoms with E-state index in [1.165, 1.54) is 18.3 Å². The molecule has 11 heteroatoms. The lowest BCUT2D eigenvalue weighted by molar-refractivity contribution is 0.0866. The number of likely N-dealkylation sites (tertiary alicyclic amines) is 1. The number of nitrogens with zero attached hydrogens (tertiary/aromatic N) is 6. The van der Waals surface area contributed by atoms with Gasteiger partial charge in [0.05, 0.1) is 45.1 Å². The smallest absolute Gasteiger partial charge is 0.141 e. The molecule has 1 atom stereocenters. The Labute approximate surface area is 271 Å². The highest BCUT2D eigenvalue weighted by Crippen LogP contribution is 2.37. The number of pyridine rings is 1. The minimum atomic E-state index is -0.531. The van der Waals surface area contributed by atoms with Gasteiger partial charge in [-0.3, -0.25) is 9.88 Å². The normalized spacial score (nSPS) is 15.1. The van der Waals surface area contributed by atoms with Crippen LogP contribution in [0.4, 0.5) is 21.5 Å². The van der Waals surface area contributed by atoms with E-state index in [2.05, 4.69) is 57.7 Å². The van der Waals surface area contributed by atoms with E-state index in [-0.39, 0.29) is 22.6 Å². The molecule has 1 saturated heterocycles. The van der Waals surface area contributed by atoms with Crippen LogP contribution < -0.4 is 10.6 Å². The van der Waals surface area contributed by atoms with Crippen molar-refractivity contribution in [2.75, 3.05) is 23.7 Å². The number of nitrogens with one attached hydrogen (secondary N) is 2. The van der Waals surface area contributed by atoms with Crippen LogP contribution in [0.15, 0.2) is 73.1 Å². The van der Waals surface area contributed by atoms with Crippen LogP contribution >= 0.6 is 23.2 Å². The Hall–Kier alpha value is -4.23. The zero-order valence-electron chi connectivity index (χ0n) is 25.2. The molecule has 230 valence electrons. The first-order valence-corrected chi connectivity index (χ1v) is 15.6. The molecule has 0 radical (unpaired) electrons. The third kappa shape index (κ3) is 6.59. The van der Waals surface area contributed by atoms with Crippen molar-refractivity contribution in [1.29, 1.82) is 5.26 Å². The Bertz CT molecular complexity index is 1870. The molecule has 8 nitrogen and oxygen atoms in total. The summed E-state index contributed by atoms with van der Waals surface area (Å²) in [6.07, 6.45) is 5.51. The first kappa shape index (κ1) is 30.8. The van der Waals surface area contributed by atoms with Crippen LogP contribution in [0.3, 0.4) is 0 Å². The number of nitriles is 1. The number of rotatable bonds is 7. The maximum absolute atomic E-state index is 13.8. The molecule has 0 amide bonds. The molecule has 45 heavy (non-hydrogen) atoms. The minimum Gasteiger partial charge on any atom is -0.373 e. The molecule has 2 N–H and O–H groups in total. The van der Waals surface area contributed by atoms with Crippen LogP contribution in [0.5, 0.6) is 0 Å². The summed E-state index contributed by atoms with van der Waals surface area (Å²) in [6, 6.07) is 20.2. The largest absolute Gasteiger partial charge is 0.373 e. The summed E-state index contributed by atoms with van der Waals surface area (Å²) in [4.78, 5) is 6.97. The van der Waals surface area contributed by atoms with Gasteiger partial charge in [-0.1, -0.05) is 58.7 Å². The summed E-state index contributed by atoms with van der Waals surface area (Å²) >= 11 is 12.8. The zero-order chi connectivity index (χ0) is 31.7. The monoisotopic (exact) mass is 642 g/mol. The molecule has 0 spiro atoms. The summed E-state index contributed by atoms with van der Waals surface area (Å²) in [7, 11) is 0. The molecule has 0 unspecified atom stereocenters. The summed E-state index contributed by atoms with van der Waals surface area (Å²) < 4.78 is 15.8. The summed E-state index contributed by atoms with van der Waals surface area (Å²) in [5, 5.41) is 26.9. The average molecular weight is 644 g/mol. The Kier molecular flexibility index (Phi) is 8.65. The van der Waals surface area contributed by atoms with Crippen LogP contribution in [0.25, 0.3) is 10.9 Å². The standard InChI is InChI=1S/C34H33Cl2FN8/c1-34(2,3)44-13-11-25(12-14-44)45-20-30(42-43-45)32(21-7-5-4-6-8-21)41-24-15-26-31(40-23-9-10-29(37)27(35)16-23)22(18-38)19-39-33(26)28(36)17-24/h4-10,15-17,19-20,25,32,41H,11-14H2,1-3H3,(H,39,40)/t32-/m0/s1. The van der Waals surface area contributed by atoms with Crippen LogP contribution in [-0.4, -0.2) is 43.5 Å². The predicted octanol–water partition coefficient (Wildman–Crippen LogP) is 8.52. The van der Waals surface area contributed by atoms with Gasteiger partial charge < -0.3 is 10.6 Å².